The molecule has 0 fully saturated rings. The third kappa shape index (κ3) is 4.11. The van der Waals surface area contributed by atoms with E-state index in [1.165, 1.54) is 0 Å². The highest BCUT2D eigenvalue weighted by atomic mass is 16.5. The second kappa shape index (κ2) is 7.95. The van der Waals surface area contributed by atoms with E-state index in [9.17, 15) is 4.79 Å². The van der Waals surface area contributed by atoms with Crippen molar-refractivity contribution in [2.24, 2.45) is 0 Å². The maximum absolute atomic E-state index is 12.6. The summed E-state index contributed by atoms with van der Waals surface area (Å²) >= 11 is 0. The van der Waals surface area contributed by atoms with Gasteiger partial charge in [0.25, 0.3) is 5.91 Å². The summed E-state index contributed by atoms with van der Waals surface area (Å²) in [6, 6.07) is 13.0. The molecule has 6 nitrogen and oxygen atoms in total. The standard InChI is InChI=1S/C21H22N2O4/c1-13-6-5-7-14(2)20(13)26-12-18-15(3)27-23-19(18)21(24)22-16-8-10-17(25-4)11-9-16/h5-11H,12H2,1-4H3,(H,22,24). The maximum Gasteiger partial charge on any atom is 0.278 e. The zero-order valence-electron chi connectivity index (χ0n) is 15.8. The number of rotatable bonds is 6. The van der Waals surface area contributed by atoms with Crippen molar-refractivity contribution >= 4 is 11.6 Å². The number of amides is 1. The van der Waals surface area contributed by atoms with Crippen LogP contribution in [0.25, 0.3) is 0 Å². The predicted molar refractivity (Wildman–Crippen MR) is 102 cm³/mol. The Morgan fingerprint density at radius 2 is 1.74 bits per heavy atom. The van der Waals surface area contributed by atoms with Gasteiger partial charge in [-0.25, -0.2) is 0 Å². The molecule has 0 aliphatic rings. The third-order valence-corrected chi connectivity index (χ3v) is 4.32. The molecule has 0 spiro atoms. The average Bonchev–Trinajstić information content (AvgIpc) is 3.03. The van der Waals surface area contributed by atoms with E-state index < -0.39 is 0 Å². The molecule has 0 aliphatic carbocycles. The number of aryl methyl sites for hydroxylation is 3. The van der Waals surface area contributed by atoms with E-state index in [-0.39, 0.29) is 18.2 Å². The van der Waals surface area contributed by atoms with Crippen molar-refractivity contribution in [2.75, 3.05) is 12.4 Å². The van der Waals surface area contributed by atoms with Gasteiger partial charge in [-0.2, -0.15) is 0 Å². The molecule has 0 aliphatic heterocycles. The summed E-state index contributed by atoms with van der Waals surface area (Å²) in [6.45, 7) is 5.94. The Labute approximate surface area is 158 Å². The van der Waals surface area contributed by atoms with Gasteiger partial charge in [-0.3, -0.25) is 4.79 Å². The SMILES string of the molecule is COc1ccc(NC(=O)c2noc(C)c2COc2c(C)cccc2C)cc1. The van der Waals surface area contributed by atoms with Crippen LogP contribution >= 0.6 is 0 Å². The minimum Gasteiger partial charge on any atom is -0.497 e. The van der Waals surface area contributed by atoms with Gasteiger partial charge in [0.1, 0.15) is 23.9 Å². The van der Waals surface area contributed by atoms with Crippen molar-refractivity contribution in [2.45, 2.75) is 27.4 Å². The number of nitrogens with zero attached hydrogens (tertiary/aromatic N) is 1. The molecule has 1 aromatic heterocycles. The monoisotopic (exact) mass is 366 g/mol. The summed E-state index contributed by atoms with van der Waals surface area (Å²) in [5.74, 6) is 1.73. The van der Waals surface area contributed by atoms with Crippen LogP contribution in [-0.4, -0.2) is 18.2 Å². The van der Waals surface area contributed by atoms with Crippen molar-refractivity contribution < 1.29 is 18.8 Å². The molecule has 1 heterocycles. The molecular weight excluding hydrogens is 344 g/mol. The number of hydrogen-bond acceptors (Lipinski definition) is 5. The van der Waals surface area contributed by atoms with Crippen molar-refractivity contribution in [1.29, 1.82) is 0 Å². The summed E-state index contributed by atoms with van der Waals surface area (Å²) < 4.78 is 16.3. The largest absolute Gasteiger partial charge is 0.497 e. The van der Waals surface area contributed by atoms with E-state index >= 15 is 0 Å². The van der Waals surface area contributed by atoms with E-state index in [2.05, 4.69) is 10.5 Å². The lowest BCUT2D eigenvalue weighted by atomic mass is 10.1. The quantitative estimate of drug-likeness (QED) is 0.698. The number of carbonyl (C=O) groups is 1. The lowest BCUT2D eigenvalue weighted by Crippen LogP contribution is -2.15. The topological polar surface area (TPSA) is 73.6 Å². The fraction of sp³-hybridized carbons (Fsp3) is 0.238. The number of para-hydroxylation sites is 1. The minimum atomic E-state index is -0.350. The number of ether oxygens (including phenoxy) is 2. The molecule has 0 saturated carbocycles. The van der Waals surface area contributed by atoms with Crippen LogP contribution in [0.5, 0.6) is 11.5 Å². The summed E-state index contributed by atoms with van der Waals surface area (Å²) in [5.41, 5.74) is 3.56. The highest BCUT2D eigenvalue weighted by Gasteiger charge is 2.21. The van der Waals surface area contributed by atoms with E-state index in [4.69, 9.17) is 14.0 Å². The van der Waals surface area contributed by atoms with Gasteiger partial charge < -0.3 is 19.3 Å². The van der Waals surface area contributed by atoms with Gasteiger partial charge in [0.15, 0.2) is 5.69 Å². The lowest BCUT2D eigenvalue weighted by molar-refractivity contribution is 0.101. The minimum absolute atomic E-state index is 0.201. The maximum atomic E-state index is 12.6. The Morgan fingerprint density at radius 1 is 1.07 bits per heavy atom. The Balaban J connectivity index is 1.76. The molecule has 0 saturated heterocycles. The first-order chi connectivity index (χ1) is 13.0. The van der Waals surface area contributed by atoms with Crippen molar-refractivity contribution in [3.05, 3.63) is 70.6 Å². The number of aromatic nitrogens is 1. The normalized spacial score (nSPS) is 10.5. The van der Waals surface area contributed by atoms with Crippen molar-refractivity contribution in [1.82, 2.24) is 5.16 Å². The van der Waals surface area contributed by atoms with Gasteiger partial charge in [-0.05, 0) is 56.2 Å². The smallest absolute Gasteiger partial charge is 0.278 e. The first kappa shape index (κ1) is 18.5. The molecule has 1 N–H and O–H groups in total. The number of benzene rings is 2. The molecule has 3 rings (SSSR count). The summed E-state index contributed by atoms with van der Waals surface area (Å²) in [4.78, 5) is 12.6. The molecule has 0 radical (unpaired) electrons. The van der Waals surface area contributed by atoms with Crippen molar-refractivity contribution in [3.8, 4) is 11.5 Å². The molecule has 27 heavy (non-hydrogen) atoms. The summed E-state index contributed by atoms with van der Waals surface area (Å²) in [5, 5.41) is 6.72. The molecule has 6 heteroatoms. The molecule has 1 amide bonds. The first-order valence-corrected chi connectivity index (χ1v) is 8.59. The Morgan fingerprint density at radius 3 is 2.37 bits per heavy atom. The molecule has 0 unspecified atom stereocenters. The Kier molecular flexibility index (Phi) is 5.45. The number of anilines is 1. The van der Waals surface area contributed by atoms with Crippen LogP contribution in [0.1, 0.15) is 32.9 Å². The number of nitrogens with one attached hydrogen (secondary N) is 1. The van der Waals surface area contributed by atoms with Gasteiger partial charge in [0, 0.05) is 5.69 Å². The molecule has 140 valence electrons. The Hall–Kier alpha value is -3.28. The number of carbonyl (C=O) groups excluding carboxylic acids is 1. The van der Waals surface area contributed by atoms with Crippen LogP contribution in [0, 0.1) is 20.8 Å². The number of hydrogen-bond donors (Lipinski definition) is 1. The molecule has 0 atom stereocenters. The molecule has 3 aromatic rings. The predicted octanol–water partition coefficient (Wildman–Crippen LogP) is 4.44. The lowest BCUT2D eigenvalue weighted by Gasteiger charge is -2.12. The van der Waals surface area contributed by atoms with Gasteiger partial charge in [0.05, 0.1) is 12.7 Å². The van der Waals surface area contributed by atoms with Crippen LogP contribution in [0.15, 0.2) is 47.0 Å². The second-order valence-corrected chi connectivity index (χ2v) is 6.26. The van der Waals surface area contributed by atoms with Crippen LogP contribution in [0.4, 0.5) is 5.69 Å². The average molecular weight is 366 g/mol. The fourth-order valence-electron chi connectivity index (χ4n) is 2.78. The van der Waals surface area contributed by atoms with E-state index in [1.54, 1.807) is 38.3 Å². The highest BCUT2D eigenvalue weighted by molar-refractivity contribution is 6.03. The second-order valence-electron chi connectivity index (χ2n) is 6.26. The Bertz CT molecular complexity index is 925. The van der Waals surface area contributed by atoms with E-state index in [1.807, 2.05) is 32.0 Å². The molecule has 2 aromatic carbocycles. The number of methoxy groups -OCH3 is 1. The zero-order valence-corrected chi connectivity index (χ0v) is 15.8. The van der Waals surface area contributed by atoms with E-state index in [0.29, 0.717) is 22.8 Å². The van der Waals surface area contributed by atoms with Gasteiger partial charge >= 0.3 is 0 Å². The zero-order chi connectivity index (χ0) is 19.4. The first-order valence-electron chi connectivity index (χ1n) is 8.59. The van der Waals surface area contributed by atoms with Gasteiger partial charge in [0.2, 0.25) is 0 Å². The fourth-order valence-corrected chi connectivity index (χ4v) is 2.78. The highest BCUT2D eigenvalue weighted by Crippen LogP contribution is 2.25. The van der Waals surface area contributed by atoms with Gasteiger partial charge in [-0.15, -0.1) is 0 Å². The van der Waals surface area contributed by atoms with E-state index in [0.717, 1.165) is 16.9 Å². The van der Waals surface area contributed by atoms with Gasteiger partial charge in [-0.1, -0.05) is 23.4 Å². The third-order valence-electron chi connectivity index (χ3n) is 4.32. The molecular formula is C21H22N2O4. The van der Waals surface area contributed by atoms with Crippen molar-refractivity contribution in [3.63, 3.8) is 0 Å². The molecule has 0 bridgehead atoms. The summed E-state index contributed by atoms with van der Waals surface area (Å²) in [7, 11) is 1.59. The van der Waals surface area contributed by atoms with Crippen LogP contribution in [-0.2, 0) is 6.61 Å². The van der Waals surface area contributed by atoms with Crippen LogP contribution < -0.4 is 14.8 Å². The summed E-state index contributed by atoms with van der Waals surface area (Å²) in [6.07, 6.45) is 0. The van der Waals surface area contributed by atoms with Crippen LogP contribution in [0.3, 0.4) is 0 Å². The van der Waals surface area contributed by atoms with Crippen LogP contribution in [0.2, 0.25) is 0 Å².